The molecule has 40 heavy (non-hydrogen) atoms. The molecule has 0 unspecified atom stereocenters. The monoisotopic (exact) mass is 549 g/mol. The molecular weight excluding hydrogens is 523 g/mol. The smallest absolute Gasteiger partial charge is 0.0880 e. The van der Waals surface area contributed by atoms with Crippen LogP contribution in [0.1, 0.15) is 10.4 Å². The van der Waals surface area contributed by atoms with Gasteiger partial charge in [0.1, 0.15) is 0 Å². The molecule has 2 heterocycles. The Labute approximate surface area is 243 Å². The first-order valence-corrected chi connectivity index (χ1v) is 14.7. The van der Waals surface area contributed by atoms with Gasteiger partial charge in [-0.05, 0) is 27.8 Å². The number of hydrogen-bond donors (Lipinski definition) is 0. The van der Waals surface area contributed by atoms with Gasteiger partial charge in [0, 0.05) is 33.3 Å². The van der Waals surface area contributed by atoms with Gasteiger partial charge in [-0.15, -0.1) is 22.7 Å². The Kier molecular flexibility index (Phi) is 7.00. The third-order valence-electron chi connectivity index (χ3n) is 7.06. The molecule has 1 nitrogen and oxygen atoms in total. The fourth-order valence-electron chi connectivity index (χ4n) is 5.42. The van der Waals surface area contributed by atoms with Gasteiger partial charge < -0.3 is 0 Å². The third kappa shape index (κ3) is 4.12. The van der Waals surface area contributed by atoms with E-state index in [9.17, 15) is 0 Å². The van der Waals surface area contributed by atoms with Crippen molar-refractivity contribution in [3.63, 3.8) is 0 Å². The first kappa shape index (κ1) is 25.7. The van der Waals surface area contributed by atoms with Gasteiger partial charge in [0.15, 0.2) is 0 Å². The molecule has 0 radical (unpaired) electrons. The van der Waals surface area contributed by atoms with Gasteiger partial charge in [0.05, 0.1) is 20.0 Å². The minimum Gasteiger partial charge on any atom is -0.255 e. The van der Waals surface area contributed by atoms with Gasteiger partial charge >= 0.3 is 0 Å². The second-order valence-electron chi connectivity index (χ2n) is 9.26. The van der Waals surface area contributed by atoms with Crippen molar-refractivity contribution in [1.82, 2.24) is 0 Å². The minimum atomic E-state index is 0.843. The van der Waals surface area contributed by atoms with Crippen molar-refractivity contribution >= 4 is 43.9 Å². The van der Waals surface area contributed by atoms with E-state index in [1.165, 1.54) is 53.2 Å². The molecule has 1 aliphatic carbocycles. The summed E-state index contributed by atoms with van der Waals surface area (Å²) in [6, 6.07) is 26.3. The van der Waals surface area contributed by atoms with Gasteiger partial charge in [-0.1, -0.05) is 136 Å². The van der Waals surface area contributed by atoms with E-state index in [4.69, 9.17) is 4.99 Å². The maximum absolute atomic E-state index is 4.75. The summed E-state index contributed by atoms with van der Waals surface area (Å²) in [6.07, 6.45) is 13.0. The van der Waals surface area contributed by atoms with Crippen LogP contribution in [0.4, 0.5) is 0 Å². The molecule has 0 aliphatic heterocycles. The Morgan fingerprint density at radius 2 is 1.23 bits per heavy atom. The third-order valence-corrected chi connectivity index (χ3v) is 9.67. The van der Waals surface area contributed by atoms with Gasteiger partial charge in [-0.3, -0.25) is 4.99 Å². The Bertz CT molecular complexity index is 1920. The van der Waals surface area contributed by atoms with Crippen LogP contribution in [0.15, 0.2) is 146 Å². The van der Waals surface area contributed by atoms with Crippen LogP contribution in [0.5, 0.6) is 0 Å². The molecule has 6 rings (SSSR count). The van der Waals surface area contributed by atoms with Crippen LogP contribution in [0.25, 0.3) is 59.3 Å². The van der Waals surface area contributed by atoms with Gasteiger partial charge in [0.2, 0.25) is 0 Å². The highest BCUT2D eigenvalue weighted by atomic mass is 32.1. The van der Waals surface area contributed by atoms with E-state index >= 15 is 0 Å². The highest BCUT2D eigenvalue weighted by molar-refractivity contribution is 7.32. The summed E-state index contributed by atoms with van der Waals surface area (Å²) in [5.41, 5.74) is 11.6. The quantitative estimate of drug-likeness (QED) is 0.139. The second kappa shape index (κ2) is 10.9. The molecule has 2 aromatic heterocycles. The van der Waals surface area contributed by atoms with Crippen LogP contribution in [-0.4, -0.2) is 5.71 Å². The van der Waals surface area contributed by atoms with Crippen LogP contribution in [0.3, 0.4) is 0 Å². The normalized spacial score (nSPS) is 12.6. The number of allylic oxidation sites excluding steroid dienone is 6. The molecule has 0 bridgehead atoms. The van der Waals surface area contributed by atoms with E-state index in [0.29, 0.717) is 0 Å². The number of benzene rings is 3. The van der Waals surface area contributed by atoms with Crippen LogP contribution in [0, 0.1) is 0 Å². The van der Waals surface area contributed by atoms with E-state index in [0.717, 1.165) is 21.7 Å². The van der Waals surface area contributed by atoms with E-state index in [2.05, 4.69) is 99.1 Å². The van der Waals surface area contributed by atoms with Crippen molar-refractivity contribution in [2.24, 2.45) is 4.99 Å². The van der Waals surface area contributed by atoms with Crippen molar-refractivity contribution in [2.45, 2.75) is 0 Å². The summed E-state index contributed by atoms with van der Waals surface area (Å²) >= 11 is 3.61. The fourth-order valence-corrected chi connectivity index (χ4v) is 8.38. The predicted octanol–water partition coefficient (Wildman–Crippen LogP) is 11.4. The molecule has 3 aromatic carbocycles. The molecule has 0 amide bonds. The molecule has 1 aliphatic rings. The van der Waals surface area contributed by atoms with Crippen LogP contribution < -0.4 is 0 Å². The van der Waals surface area contributed by atoms with Crippen molar-refractivity contribution in [1.29, 1.82) is 0 Å². The van der Waals surface area contributed by atoms with Crippen LogP contribution in [0.2, 0.25) is 0 Å². The molecule has 0 spiro atoms. The second-order valence-corrected chi connectivity index (χ2v) is 11.3. The number of hydrogen-bond acceptors (Lipinski definition) is 3. The zero-order valence-electron chi connectivity index (χ0n) is 22.1. The topological polar surface area (TPSA) is 12.4 Å². The Hall–Kier alpha value is -4.57. The average Bonchev–Trinajstić information content (AvgIpc) is 3.53. The first-order chi connectivity index (χ1) is 19.7. The van der Waals surface area contributed by atoms with E-state index in [1.807, 2.05) is 35.6 Å². The molecule has 3 heteroatoms. The van der Waals surface area contributed by atoms with Crippen LogP contribution in [-0.2, 0) is 0 Å². The van der Waals surface area contributed by atoms with Crippen molar-refractivity contribution in [3.05, 3.63) is 152 Å². The van der Waals surface area contributed by atoms with Gasteiger partial charge in [-0.2, -0.15) is 0 Å². The fraction of sp³-hybridized carbons (Fsp3) is 0. The summed E-state index contributed by atoms with van der Waals surface area (Å²) in [6.45, 7) is 15.9. The maximum atomic E-state index is 4.75. The number of nitrogens with zero attached hydrogens (tertiary/aromatic N) is 1. The van der Waals surface area contributed by atoms with E-state index < -0.39 is 0 Å². The lowest BCUT2D eigenvalue weighted by Crippen LogP contribution is -2.02. The van der Waals surface area contributed by atoms with Crippen molar-refractivity contribution in [2.75, 3.05) is 0 Å². The summed E-state index contributed by atoms with van der Waals surface area (Å²) in [7, 11) is 0. The molecular formula is C37H27NS2. The van der Waals surface area contributed by atoms with Crippen molar-refractivity contribution < 1.29 is 0 Å². The number of fused-ring (bicyclic) bond motifs is 10. The highest BCUT2D eigenvalue weighted by Crippen LogP contribution is 2.56. The lowest BCUT2D eigenvalue weighted by molar-refractivity contribution is 1.55. The molecule has 0 fully saturated rings. The van der Waals surface area contributed by atoms with Gasteiger partial charge in [0.25, 0.3) is 0 Å². The lowest BCUT2D eigenvalue weighted by atomic mass is 9.84. The van der Waals surface area contributed by atoms with Crippen molar-refractivity contribution in [3.8, 4) is 43.8 Å². The lowest BCUT2D eigenvalue weighted by Gasteiger charge is -2.20. The Balaban J connectivity index is 1.73. The number of aliphatic imine (C=N–C) groups is 1. The standard InChI is InChI=1S/C37H27NS2/c1-5-9-17-24(16-6-2)33(38-8-4)35-25(7-3)36-37(40-35)32-30-22-14-12-20-28(30)26-18-10-11-19-27(26)29-21-13-15-23-31(29)34(32)39-36/h5-23H,1-4H2/b17-9-,24-16+,28-26?,29-27?,32-30?,34-31?,38-33-. The van der Waals surface area contributed by atoms with Gasteiger partial charge in [-0.25, -0.2) is 0 Å². The van der Waals surface area contributed by atoms with Crippen LogP contribution >= 0.6 is 22.7 Å². The average molecular weight is 550 g/mol. The number of rotatable bonds is 7. The number of thiophene rings is 2. The zero-order chi connectivity index (χ0) is 27.6. The SMILES string of the molecule is C=C\C=C/C(=C\C=C)C(=N/C=C)/c1sc2c3c(sc2c1C=C)-c1ccccc1-c1ccccc1-c1ccccc1-3. The molecule has 0 N–H and O–H groups in total. The predicted molar refractivity (Wildman–Crippen MR) is 179 cm³/mol. The summed E-state index contributed by atoms with van der Waals surface area (Å²) < 4.78 is 2.46. The van der Waals surface area contributed by atoms with E-state index in [1.54, 1.807) is 29.7 Å². The molecule has 192 valence electrons. The summed E-state index contributed by atoms with van der Waals surface area (Å²) in [5.74, 6) is 0. The minimum absolute atomic E-state index is 0.843. The largest absolute Gasteiger partial charge is 0.255 e. The summed E-state index contributed by atoms with van der Waals surface area (Å²) in [4.78, 5) is 7.10. The molecule has 0 saturated carbocycles. The molecule has 5 aromatic rings. The molecule has 0 saturated heterocycles. The molecule has 0 atom stereocenters. The van der Waals surface area contributed by atoms with E-state index in [-0.39, 0.29) is 0 Å². The maximum Gasteiger partial charge on any atom is 0.0880 e. The Morgan fingerprint density at radius 3 is 1.80 bits per heavy atom. The zero-order valence-corrected chi connectivity index (χ0v) is 23.7. The highest BCUT2D eigenvalue weighted by Gasteiger charge is 2.28. The Morgan fingerprint density at radius 1 is 0.650 bits per heavy atom. The summed E-state index contributed by atoms with van der Waals surface area (Å²) in [5, 5.41) is 0. The first-order valence-electron chi connectivity index (χ1n) is 13.0.